The van der Waals surface area contributed by atoms with Crippen LogP contribution in [0.4, 0.5) is 0 Å². The van der Waals surface area contributed by atoms with Crippen molar-refractivity contribution in [2.75, 3.05) is 20.1 Å². The fourth-order valence-electron chi connectivity index (χ4n) is 2.93. The van der Waals surface area contributed by atoms with Crippen LogP contribution in [0, 0.1) is 5.92 Å². The van der Waals surface area contributed by atoms with Crippen molar-refractivity contribution >= 4 is 11.0 Å². The van der Waals surface area contributed by atoms with Crippen LogP contribution in [-0.2, 0) is 6.42 Å². The zero-order chi connectivity index (χ0) is 13.2. The van der Waals surface area contributed by atoms with Crippen molar-refractivity contribution in [1.82, 2.24) is 14.9 Å². The van der Waals surface area contributed by atoms with Gasteiger partial charge >= 0.3 is 0 Å². The van der Waals surface area contributed by atoms with Crippen molar-refractivity contribution < 1.29 is 0 Å². The number of fused-ring (bicyclic) bond motifs is 1. The van der Waals surface area contributed by atoms with Gasteiger partial charge in [0, 0.05) is 19.1 Å². The van der Waals surface area contributed by atoms with Gasteiger partial charge in [0.25, 0.3) is 0 Å². The predicted octanol–water partition coefficient (Wildman–Crippen LogP) is 1.77. The average molecular weight is 258 g/mol. The first kappa shape index (κ1) is 12.6. The Hall–Kier alpha value is -1.39. The van der Waals surface area contributed by atoms with Crippen molar-refractivity contribution in [2.24, 2.45) is 11.7 Å². The number of H-pyrrole nitrogens is 1. The first-order chi connectivity index (χ1) is 9.20. The van der Waals surface area contributed by atoms with Gasteiger partial charge in [-0.05, 0) is 49.9 Å². The van der Waals surface area contributed by atoms with Gasteiger partial charge in [-0.3, -0.25) is 0 Å². The Kier molecular flexibility index (Phi) is 3.53. The second-order valence-corrected chi connectivity index (χ2v) is 5.86. The molecule has 0 atom stereocenters. The lowest BCUT2D eigenvalue weighted by Crippen LogP contribution is -2.42. The highest BCUT2D eigenvalue weighted by molar-refractivity contribution is 5.75. The number of aromatic nitrogens is 2. The van der Waals surface area contributed by atoms with Crippen LogP contribution < -0.4 is 5.73 Å². The molecule has 3 N–H and O–H groups in total. The zero-order valence-corrected chi connectivity index (χ0v) is 11.5. The number of rotatable bonds is 5. The minimum Gasteiger partial charge on any atom is -0.345 e. The molecule has 0 spiro atoms. The van der Waals surface area contributed by atoms with Gasteiger partial charge in [0.1, 0.15) is 0 Å². The van der Waals surface area contributed by atoms with Crippen LogP contribution in [0.3, 0.4) is 0 Å². The topological polar surface area (TPSA) is 57.9 Å². The molecule has 0 saturated heterocycles. The minimum atomic E-state index is 0.459. The molecular weight excluding hydrogens is 236 g/mol. The van der Waals surface area contributed by atoms with Gasteiger partial charge in [-0.15, -0.1) is 0 Å². The maximum Gasteiger partial charge on any atom is 0.0931 e. The van der Waals surface area contributed by atoms with E-state index in [9.17, 15) is 0 Å². The summed E-state index contributed by atoms with van der Waals surface area (Å²) in [4.78, 5) is 9.83. The lowest BCUT2D eigenvalue weighted by molar-refractivity contribution is 0.183. The third-order valence-electron chi connectivity index (χ3n) is 4.11. The Bertz CT molecular complexity index is 542. The number of benzene rings is 1. The Labute approximate surface area is 114 Å². The maximum absolute atomic E-state index is 5.82. The van der Waals surface area contributed by atoms with Crippen LogP contribution in [0.15, 0.2) is 24.5 Å². The van der Waals surface area contributed by atoms with Crippen molar-refractivity contribution in [3.63, 3.8) is 0 Å². The van der Waals surface area contributed by atoms with E-state index in [-0.39, 0.29) is 0 Å². The molecule has 102 valence electrons. The summed E-state index contributed by atoms with van der Waals surface area (Å²) in [5.41, 5.74) is 9.37. The van der Waals surface area contributed by atoms with Gasteiger partial charge < -0.3 is 15.6 Å². The molecule has 1 heterocycles. The van der Waals surface area contributed by atoms with Crippen molar-refractivity contribution in [2.45, 2.75) is 25.3 Å². The summed E-state index contributed by atoms with van der Waals surface area (Å²) in [6.45, 7) is 2.28. The van der Waals surface area contributed by atoms with Gasteiger partial charge in [0.2, 0.25) is 0 Å². The molecule has 1 saturated carbocycles. The van der Waals surface area contributed by atoms with E-state index in [0.717, 1.165) is 29.9 Å². The fourth-order valence-corrected chi connectivity index (χ4v) is 2.93. The van der Waals surface area contributed by atoms with E-state index in [1.807, 2.05) is 0 Å². The van der Waals surface area contributed by atoms with Gasteiger partial charge in [0.15, 0.2) is 0 Å². The lowest BCUT2D eigenvalue weighted by atomic mass is 9.80. The number of nitrogens with one attached hydrogen (secondary N) is 1. The van der Waals surface area contributed by atoms with Crippen LogP contribution in [0.25, 0.3) is 11.0 Å². The maximum atomic E-state index is 5.82. The van der Waals surface area contributed by atoms with E-state index in [1.54, 1.807) is 6.33 Å². The SMILES string of the molecule is CN(CCc1ccc2nc[nH]c2c1)CC1CC(N)C1. The number of imidazole rings is 1. The molecule has 4 heteroatoms. The third kappa shape index (κ3) is 2.96. The van der Waals surface area contributed by atoms with E-state index in [1.165, 1.54) is 24.9 Å². The highest BCUT2D eigenvalue weighted by Crippen LogP contribution is 2.26. The second-order valence-electron chi connectivity index (χ2n) is 5.86. The van der Waals surface area contributed by atoms with E-state index in [4.69, 9.17) is 5.73 Å². The first-order valence-corrected chi connectivity index (χ1v) is 7.07. The standard InChI is InChI=1S/C15H22N4/c1-19(9-12-6-13(16)7-12)5-4-11-2-3-14-15(8-11)18-10-17-14/h2-3,8,10,12-13H,4-7,9,16H2,1H3,(H,17,18). The summed E-state index contributed by atoms with van der Waals surface area (Å²) < 4.78 is 0. The molecule has 0 unspecified atom stereocenters. The van der Waals surface area contributed by atoms with Crippen LogP contribution in [0.2, 0.25) is 0 Å². The Morgan fingerprint density at radius 1 is 1.42 bits per heavy atom. The number of nitrogens with zero attached hydrogens (tertiary/aromatic N) is 2. The molecule has 19 heavy (non-hydrogen) atoms. The van der Waals surface area contributed by atoms with Crippen molar-refractivity contribution in [1.29, 1.82) is 0 Å². The van der Waals surface area contributed by atoms with E-state index < -0.39 is 0 Å². The molecule has 1 fully saturated rings. The summed E-state index contributed by atoms with van der Waals surface area (Å²) in [5.74, 6) is 0.815. The van der Waals surface area contributed by atoms with Gasteiger partial charge in [-0.2, -0.15) is 0 Å². The van der Waals surface area contributed by atoms with Crippen LogP contribution in [-0.4, -0.2) is 41.0 Å². The summed E-state index contributed by atoms with van der Waals surface area (Å²) in [7, 11) is 2.21. The number of hydrogen-bond donors (Lipinski definition) is 2. The molecule has 1 aliphatic carbocycles. The smallest absolute Gasteiger partial charge is 0.0931 e. The third-order valence-corrected chi connectivity index (χ3v) is 4.11. The highest BCUT2D eigenvalue weighted by atomic mass is 15.1. The molecule has 0 bridgehead atoms. The molecule has 0 aliphatic heterocycles. The summed E-state index contributed by atoms with van der Waals surface area (Å²) in [6.07, 6.45) is 5.24. The van der Waals surface area contributed by atoms with Crippen LogP contribution in [0.5, 0.6) is 0 Å². The number of aromatic amines is 1. The summed E-state index contributed by atoms with van der Waals surface area (Å²) >= 11 is 0. The highest BCUT2D eigenvalue weighted by Gasteiger charge is 2.26. The van der Waals surface area contributed by atoms with Crippen LogP contribution >= 0.6 is 0 Å². The summed E-state index contributed by atoms with van der Waals surface area (Å²) in [5, 5.41) is 0. The quantitative estimate of drug-likeness (QED) is 0.859. The molecule has 1 aliphatic rings. The average Bonchev–Trinajstić information content (AvgIpc) is 2.81. The monoisotopic (exact) mass is 258 g/mol. The summed E-state index contributed by atoms with van der Waals surface area (Å²) in [6, 6.07) is 6.93. The van der Waals surface area contributed by atoms with Crippen LogP contribution in [0.1, 0.15) is 18.4 Å². The van der Waals surface area contributed by atoms with Gasteiger partial charge in [-0.25, -0.2) is 4.98 Å². The molecule has 0 amide bonds. The van der Waals surface area contributed by atoms with Gasteiger partial charge in [-0.1, -0.05) is 6.07 Å². The van der Waals surface area contributed by atoms with E-state index >= 15 is 0 Å². The molecule has 0 radical (unpaired) electrons. The molecule has 3 rings (SSSR count). The number of likely N-dealkylation sites (N-methyl/N-ethyl adjacent to an activating group) is 1. The Balaban J connectivity index is 1.50. The zero-order valence-electron chi connectivity index (χ0n) is 11.5. The number of hydrogen-bond acceptors (Lipinski definition) is 3. The molecule has 1 aromatic heterocycles. The van der Waals surface area contributed by atoms with Crippen molar-refractivity contribution in [3.8, 4) is 0 Å². The first-order valence-electron chi connectivity index (χ1n) is 7.07. The second kappa shape index (κ2) is 5.31. The van der Waals surface area contributed by atoms with E-state index in [0.29, 0.717) is 6.04 Å². The lowest BCUT2D eigenvalue weighted by Gasteiger charge is -2.35. The molecule has 1 aromatic carbocycles. The minimum absolute atomic E-state index is 0.459. The fraction of sp³-hybridized carbons (Fsp3) is 0.533. The largest absolute Gasteiger partial charge is 0.345 e. The molecule has 4 nitrogen and oxygen atoms in total. The molecular formula is C15H22N4. The van der Waals surface area contributed by atoms with Crippen molar-refractivity contribution in [3.05, 3.63) is 30.1 Å². The van der Waals surface area contributed by atoms with Gasteiger partial charge in [0.05, 0.1) is 17.4 Å². The van der Waals surface area contributed by atoms with E-state index in [2.05, 4.69) is 40.1 Å². The predicted molar refractivity (Wildman–Crippen MR) is 78.0 cm³/mol. The Morgan fingerprint density at radius 3 is 3.05 bits per heavy atom. The Morgan fingerprint density at radius 2 is 2.26 bits per heavy atom. The number of nitrogens with two attached hydrogens (primary N) is 1. The molecule has 2 aromatic rings. The normalized spacial score (nSPS) is 22.9.